The van der Waals surface area contributed by atoms with Crippen LogP contribution in [0.1, 0.15) is 22.8 Å². The quantitative estimate of drug-likeness (QED) is 0.351. The van der Waals surface area contributed by atoms with Crippen molar-refractivity contribution in [1.29, 1.82) is 5.26 Å². The number of ether oxygens (including phenoxy) is 2. The molecule has 2 aromatic rings. The highest BCUT2D eigenvalue weighted by Gasteiger charge is 2.17. The van der Waals surface area contributed by atoms with Gasteiger partial charge in [-0.05, 0) is 49.4 Å². The second kappa shape index (κ2) is 9.06. The van der Waals surface area contributed by atoms with Crippen LogP contribution in [0.2, 0.25) is 0 Å². The molecule has 0 bridgehead atoms. The van der Waals surface area contributed by atoms with Gasteiger partial charge in [0.1, 0.15) is 17.6 Å². The van der Waals surface area contributed by atoms with E-state index in [1.54, 1.807) is 49.4 Å². The predicted molar refractivity (Wildman–Crippen MR) is 99.2 cm³/mol. The number of benzene rings is 2. The van der Waals surface area contributed by atoms with Crippen LogP contribution < -0.4 is 10.1 Å². The minimum absolute atomic E-state index is 0.0898. The molecular formula is C20H18N2O5. The molecule has 2 N–H and O–H groups in total. The number of amides is 1. The van der Waals surface area contributed by atoms with Gasteiger partial charge in [-0.3, -0.25) is 4.79 Å². The Morgan fingerprint density at radius 3 is 2.44 bits per heavy atom. The van der Waals surface area contributed by atoms with Gasteiger partial charge in [0.2, 0.25) is 0 Å². The summed E-state index contributed by atoms with van der Waals surface area (Å²) >= 11 is 0. The van der Waals surface area contributed by atoms with Gasteiger partial charge in [-0.2, -0.15) is 5.26 Å². The van der Waals surface area contributed by atoms with Gasteiger partial charge < -0.3 is 19.9 Å². The van der Waals surface area contributed by atoms with Crippen molar-refractivity contribution in [2.75, 3.05) is 19.0 Å². The number of nitriles is 1. The number of nitrogens with one attached hydrogen (secondary N) is 1. The zero-order valence-corrected chi connectivity index (χ0v) is 14.9. The van der Waals surface area contributed by atoms with E-state index in [1.165, 1.54) is 19.2 Å². The van der Waals surface area contributed by atoms with Gasteiger partial charge in [0, 0.05) is 16.8 Å². The monoisotopic (exact) mass is 366 g/mol. The Bertz CT molecular complexity index is 911. The Hall–Kier alpha value is -3.79. The zero-order valence-electron chi connectivity index (χ0n) is 14.9. The molecule has 27 heavy (non-hydrogen) atoms. The molecular weight excluding hydrogens is 348 g/mol. The van der Waals surface area contributed by atoms with Crippen molar-refractivity contribution in [3.8, 4) is 11.8 Å². The van der Waals surface area contributed by atoms with Crippen molar-refractivity contribution < 1.29 is 24.2 Å². The highest BCUT2D eigenvalue weighted by Crippen LogP contribution is 2.20. The van der Waals surface area contributed by atoms with Crippen molar-refractivity contribution >= 4 is 23.3 Å². The van der Waals surface area contributed by atoms with E-state index in [1.807, 2.05) is 0 Å². The lowest BCUT2D eigenvalue weighted by atomic mass is 10.1. The largest absolute Gasteiger partial charge is 0.506 e. The minimum atomic E-state index is -0.895. The zero-order chi connectivity index (χ0) is 19.8. The maximum absolute atomic E-state index is 12.3. The molecule has 138 valence electrons. The molecule has 0 aliphatic heterocycles. The maximum atomic E-state index is 12.3. The Kier molecular flexibility index (Phi) is 6.55. The summed E-state index contributed by atoms with van der Waals surface area (Å²) in [6.07, 6.45) is 0. The third-order valence-electron chi connectivity index (χ3n) is 3.58. The normalized spacial score (nSPS) is 11.0. The summed E-state index contributed by atoms with van der Waals surface area (Å²) in [4.78, 5) is 24.0. The number of carbonyl (C=O) groups excluding carboxylic acids is 2. The molecule has 0 saturated heterocycles. The second-order valence-corrected chi connectivity index (χ2v) is 5.32. The summed E-state index contributed by atoms with van der Waals surface area (Å²) < 4.78 is 9.83. The van der Waals surface area contributed by atoms with Crippen LogP contribution in [0.15, 0.2) is 54.1 Å². The van der Waals surface area contributed by atoms with E-state index < -0.39 is 17.3 Å². The van der Waals surface area contributed by atoms with Crippen LogP contribution in [-0.2, 0) is 9.53 Å². The molecule has 2 rings (SSSR count). The first-order valence-corrected chi connectivity index (χ1v) is 8.06. The summed E-state index contributed by atoms with van der Waals surface area (Å²) in [5, 5.41) is 21.9. The van der Waals surface area contributed by atoms with E-state index in [0.717, 1.165) is 0 Å². The number of aliphatic hydroxyl groups excluding tert-OH is 1. The van der Waals surface area contributed by atoms with E-state index >= 15 is 0 Å². The first-order chi connectivity index (χ1) is 13.0. The molecule has 7 nitrogen and oxygen atoms in total. The molecule has 0 saturated carbocycles. The van der Waals surface area contributed by atoms with E-state index in [2.05, 4.69) is 5.32 Å². The number of hydrogen-bond donors (Lipinski definition) is 2. The Morgan fingerprint density at radius 1 is 1.15 bits per heavy atom. The van der Waals surface area contributed by atoms with Gasteiger partial charge in [-0.1, -0.05) is 6.07 Å². The van der Waals surface area contributed by atoms with Crippen molar-refractivity contribution in [2.24, 2.45) is 0 Å². The molecule has 7 heteroatoms. The molecule has 0 aliphatic carbocycles. The van der Waals surface area contributed by atoms with Crippen LogP contribution in [-0.4, -0.2) is 30.7 Å². The highest BCUT2D eigenvalue weighted by molar-refractivity contribution is 6.04. The summed E-state index contributed by atoms with van der Waals surface area (Å²) in [6.45, 7) is 1.69. The van der Waals surface area contributed by atoms with Gasteiger partial charge in [-0.25, -0.2) is 4.79 Å². The Labute approximate surface area is 156 Å². The smallest absolute Gasteiger partial charge is 0.352 e. The molecule has 0 atom stereocenters. The lowest BCUT2D eigenvalue weighted by Crippen LogP contribution is -2.12. The van der Waals surface area contributed by atoms with E-state index in [9.17, 15) is 14.7 Å². The highest BCUT2D eigenvalue weighted by atomic mass is 16.5. The summed E-state index contributed by atoms with van der Waals surface area (Å²) in [5.41, 5.74) is 0.674. The number of anilines is 1. The van der Waals surface area contributed by atoms with Gasteiger partial charge >= 0.3 is 5.97 Å². The molecule has 0 radical (unpaired) electrons. The molecule has 2 aromatic carbocycles. The predicted octanol–water partition coefficient (Wildman–Crippen LogP) is 3.30. The molecule has 0 heterocycles. The average molecular weight is 366 g/mol. The topological polar surface area (TPSA) is 109 Å². The fraction of sp³-hybridized carbons (Fsp3) is 0.150. The lowest BCUT2D eigenvalue weighted by molar-refractivity contribution is -0.138. The number of nitrogens with zero attached hydrogens (tertiary/aromatic N) is 1. The van der Waals surface area contributed by atoms with Crippen molar-refractivity contribution in [1.82, 2.24) is 0 Å². The molecule has 0 unspecified atom stereocenters. The van der Waals surface area contributed by atoms with Crippen molar-refractivity contribution in [2.45, 2.75) is 6.92 Å². The van der Waals surface area contributed by atoms with Gasteiger partial charge in [0.05, 0.1) is 13.7 Å². The summed E-state index contributed by atoms with van der Waals surface area (Å²) in [5.74, 6) is -1.14. The SMILES string of the molecule is CCOC(=O)/C(C#N)=C(\O)c1ccc(NC(=O)c2cccc(OC)c2)cc1. The molecule has 0 aliphatic rings. The standard InChI is InChI=1S/C20H18N2O5/c1-3-27-20(25)17(12-21)18(23)13-7-9-15(10-8-13)22-19(24)14-5-4-6-16(11-14)26-2/h4-11,23H,3H2,1-2H3,(H,22,24)/b18-17-. The number of methoxy groups -OCH3 is 1. The van der Waals surface area contributed by atoms with Crippen molar-refractivity contribution in [3.63, 3.8) is 0 Å². The van der Waals surface area contributed by atoms with E-state index in [4.69, 9.17) is 14.7 Å². The number of carbonyl (C=O) groups is 2. The molecule has 0 spiro atoms. The van der Waals surface area contributed by atoms with E-state index in [-0.39, 0.29) is 18.1 Å². The fourth-order valence-electron chi connectivity index (χ4n) is 2.22. The number of rotatable bonds is 6. The molecule has 0 aromatic heterocycles. The first kappa shape index (κ1) is 19.5. The number of esters is 1. The van der Waals surface area contributed by atoms with Gasteiger partial charge in [0.15, 0.2) is 5.57 Å². The number of hydrogen-bond acceptors (Lipinski definition) is 6. The maximum Gasteiger partial charge on any atom is 0.352 e. The summed E-state index contributed by atoms with van der Waals surface area (Å²) in [7, 11) is 1.52. The van der Waals surface area contributed by atoms with Crippen molar-refractivity contribution in [3.05, 3.63) is 65.2 Å². The van der Waals surface area contributed by atoms with E-state index in [0.29, 0.717) is 17.0 Å². The number of aliphatic hydroxyl groups is 1. The third-order valence-corrected chi connectivity index (χ3v) is 3.58. The van der Waals surface area contributed by atoms with Crippen LogP contribution >= 0.6 is 0 Å². The average Bonchev–Trinajstić information content (AvgIpc) is 2.69. The van der Waals surface area contributed by atoms with Crippen LogP contribution in [0.3, 0.4) is 0 Å². The fourth-order valence-corrected chi connectivity index (χ4v) is 2.22. The second-order valence-electron chi connectivity index (χ2n) is 5.32. The lowest BCUT2D eigenvalue weighted by Gasteiger charge is -2.08. The Balaban J connectivity index is 2.18. The van der Waals surface area contributed by atoms with Crippen LogP contribution in [0, 0.1) is 11.3 Å². The van der Waals surface area contributed by atoms with Crippen LogP contribution in [0.4, 0.5) is 5.69 Å². The first-order valence-electron chi connectivity index (χ1n) is 8.06. The van der Waals surface area contributed by atoms with Gasteiger partial charge in [-0.15, -0.1) is 0 Å². The molecule has 0 fully saturated rings. The Morgan fingerprint density at radius 2 is 1.85 bits per heavy atom. The van der Waals surface area contributed by atoms with Gasteiger partial charge in [0.25, 0.3) is 5.91 Å². The minimum Gasteiger partial charge on any atom is -0.506 e. The van der Waals surface area contributed by atoms with Crippen LogP contribution in [0.25, 0.3) is 5.76 Å². The third kappa shape index (κ3) is 4.86. The summed E-state index contributed by atoms with van der Waals surface area (Å²) in [6, 6.07) is 14.4. The molecule has 1 amide bonds. The van der Waals surface area contributed by atoms with Crippen LogP contribution in [0.5, 0.6) is 5.75 Å².